The lowest BCUT2D eigenvalue weighted by molar-refractivity contribution is -1.10. The monoisotopic (exact) mass is 206 g/mol. The van der Waals surface area contributed by atoms with E-state index in [2.05, 4.69) is 6.92 Å². The van der Waals surface area contributed by atoms with Gasteiger partial charge < -0.3 is 10.2 Å². The number of aliphatic hydroxyl groups is 2. The van der Waals surface area contributed by atoms with Crippen molar-refractivity contribution in [2.75, 3.05) is 32.8 Å². The molecule has 0 fully saturated rings. The minimum atomic E-state index is -0.00500. The summed E-state index contributed by atoms with van der Waals surface area (Å²) in [6.45, 7) is 4.20. The minimum Gasteiger partial charge on any atom is -0.396 e. The Labute approximate surface area is 86.3 Å². The van der Waals surface area contributed by atoms with Gasteiger partial charge in [0.05, 0.1) is 0 Å². The second-order valence-electron chi connectivity index (χ2n) is 3.77. The van der Waals surface area contributed by atoms with Gasteiger partial charge in [-0.05, 0) is 6.42 Å². The molecule has 0 heterocycles. The average Bonchev–Trinajstić information content (AvgIpc) is 2.21. The van der Waals surface area contributed by atoms with Gasteiger partial charge in [0.2, 0.25) is 0 Å². The van der Waals surface area contributed by atoms with Crippen LogP contribution in [0.2, 0.25) is 0 Å². The van der Waals surface area contributed by atoms with Gasteiger partial charge in [-0.25, -0.2) is 5.21 Å². The summed E-state index contributed by atoms with van der Waals surface area (Å²) in [5.41, 5.74) is 0. The molecular formula is C10H24NO3+. The Bertz CT molecular complexity index is 109. The first-order valence-corrected chi connectivity index (χ1v) is 5.49. The van der Waals surface area contributed by atoms with E-state index in [9.17, 15) is 5.21 Å². The Morgan fingerprint density at radius 1 is 0.857 bits per heavy atom. The van der Waals surface area contributed by atoms with Crippen LogP contribution in [0, 0.1) is 0 Å². The second-order valence-corrected chi connectivity index (χ2v) is 3.77. The van der Waals surface area contributed by atoms with Crippen LogP contribution in [0.25, 0.3) is 0 Å². The van der Waals surface area contributed by atoms with Crippen molar-refractivity contribution in [3.63, 3.8) is 0 Å². The SMILES string of the molecule is CCCC[N+](O)(CCCO)CCCO. The summed E-state index contributed by atoms with van der Waals surface area (Å²) in [6.07, 6.45) is 3.27. The summed E-state index contributed by atoms with van der Waals surface area (Å²) in [4.78, 5) is 0. The highest BCUT2D eigenvalue weighted by Gasteiger charge is 2.23. The Kier molecular flexibility index (Phi) is 8.08. The third-order valence-corrected chi connectivity index (χ3v) is 2.39. The molecule has 0 amide bonds. The first kappa shape index (κ1) is 13.8. The predicted octanol–water partition coefficient (Wildman–Crippen LogP) is 0.757. The fourth-order valence-electron chi connectivity index (χ4n) is 1.52. The van der Waals surface area contributed by atoms with E-state index in [1.165, 1.54) is 0 Å². The molecule has 0 spiro atoms. The van der Waals surface area contributed by atoms with Crippen LogP contribution in [0.5, 0.6) is 0 Å². The number of hydroxylamine groups is 3. The first-order valence-electron chi connectivity index (χ1n) is 5.49. The summed E-state index contributed by atoms with van der Waals surface area (Å²) in [5, 5.41) is 27.5. The van der Waals surface area contributed by atoms with Crippen molar-refractivity contribution < 1.29 is 20.1 Å². The van der Waals surface area contributed by atoms with Crippen LogP contribution in [0.1, 0.15) is 32.6 Å². The summed E-state index contributed by atoms with van der Waals surface area (Å²) in [6, 6.07) is 0. The molecule has 0 atom stereocenters. The van der Waals surface area contributed by atoms with E-state index in [0.717, 1.165) is 19.4 Å². The number of nitrogens with zero attached hydrogens (tertiary/aromatic N) is 1. The Morgan fingerprint density at radius 2 is 1.29 bits per heavy atom. The number of rotatable bonds is 9. The van der Waals surface area contributed by atoms with Crippen molar-refractivity contribution in [3.05, 3.63) is 0 Å². The molecule has 86 valence electrons. The van der Waals surface area contributed by atoms with E-state index < -0.39 is 0 Å². The third-order valence-electron chi connectivity index (χ3n) is 2.39. The number of quaternary nitrogens is 1. The molecule has 4 nitrogen and oxygen atoms in total. The lowest BCUT2D eigenvalue weighted by atomic mass is 10.2. The van der Waals surface area contributed by atoms with E-state index in [1.807, 2.05) is 0 Å². The topological polar surface area (TPSA) is 60.7 Å². The van der Waals surface area contributed by atoms with E-state index in [0.29, 0.717) is 25.9 Å². The molecule has 0 saturated heterocycles. The third kappa shape index (κ3) is 6.32. The number of aliphatic hydroxyl groups excluding tert-OH is 2. The summed E-state index contributed by atoms with van der Waals surface area (Å²) in [5.74, 6) is 0. The van der Waals surface area contributed by atoms with Crippen molar-refractivity contribution in [3.8, 4) is 0 Å². The number of hydrogen-bond donors (Lipinski definition) is 3. The Morgan fingerprint density at radius 3 is 1.64 bits per heavy atom. The molecule has 0 aromatic carbocycles. The molecule has 0 bridgehead atoms. The van der Waals surface area contributed by atoms with Gasteiger partial charge in [-0.15, -0.1) is 0 Å². The van der Waals surface area contributed by atoms with Crippen LogP contribution in [0.15, 0.2) is 0 Å². The highest BCUT2D eigenvalue weighted by molar-refractivity contribution is 4.40. The molecule has 0 unspecified atom stereocenters. The van der Waals surface area contributed by atoms with Gasteiger partial charge in [-0.3, -0.25) is 0 Å². The molecule has 14 heavy (non-hydrogen) atoms. The van der Waals surface area contributed by atoms with Crippen LogP contribution in [-0.2, 0) is 0 Å². The van der Waals surface area contributed by atoms with Gasteiger partial charge in [0.25, 0.3) is 0 Å². The van der Waals surface area contributed by atoms with Crippen LogP contribution in [0.4, 0.5) is 0 Å². The summed E-state index contributed by atoms with van der Waals surface area (Å²) < 4.78 is -0.00500. The maximum Gasteiger partial charge on any atom is 0.111 e. The van der Waals surface area contributed by atoms with Crippen molar-refractivity contribution in [2.45, 2.75) is 32.6 Å². The largest absolute Gasteiger partial charge is 0.396 e. The summed E-state index contributed by atoms with van der Waals surface area (Å²) in [7, 11) is 0. The number of hydrogen-bond acceptors (Lipinski definition) is 3. The quantitative estimate of drug-likeness (QED) is 0.385. The van der Waals surface area contributed by atoms with Crippen LogP contribution in [0.3, 0.4) is 0 Å². The zero-order valence-corrected chi connectivity index (χ0v) is 9.15. The highest BCUT2D eigenvalue weighted by atomic mass is 16.5. The fraction of sp³-hybridized carbons (Fsp3) is 1.00. The Hall–Kier alpha value is -0.160. The maximum atomic E-state index is 10.1. The van der Waals surface area contributed by atoms with E-state index in [1.54, 1.807) is 0 Å². The van der Waals surface area contributed by atoms with Crippen LogP contribution >= 0.6 is 0 Å². The minimum absolute atomic E-state index is 0.00500. The zero-order valence-electron chi connectivity index (χ0n) is 9.15. The van der Waals surface area contributed by atoms with Gasteiger partial charge in [0, 0.05) is 26.1 Å². The fourth-order valence-corrected chi connectivity index (χ4v) is 1.52. The molecule has 0 rings (SSSR count). The van der Waals surface area contributed by atoms with Crippen LogP contribution < -0.4 is 0 Å². The van der Waals surface area contributed by atoms with Crippen molar-refractivity contribution >= 4 is 0 Å². The predicted molar refractivity (Wildman–Crippen MR) is 55.0 cm³/mol. The maximum absolute atomic E-state index is 10.1. The molecule has 4 heteroatoms. The average molecular weight is 206 g/mol. The first-order chi connectivity index (χ1) is 6.68. The molecule has 0 aliphatic rings. The summed E-state index contributed by atoms with van der Waals surface area (Å²) >= 11 is 0. The molecule has 0 aliphatic carbocycles. The Balaban J connectivity index is 3.89. The van der Waals surface area contributed by atoms with E-state index in [4.69, 9.17) is 10.2 Å². The van der Waals surface area contributed by atoms with Gasteiger partial charge in [-0.2, -0.15) is 4.65 Å². The standard InChI is InChI=1S/C10H24NO3/c1-2-3-6-11(14,7-4-9-12)8-5-10-13/h12-14H,2-10H2,1H3/q+1. The normalized spacial score (nSPS) is 12.0. The van der Waals surface area contributed by atoms with Crippen molar-refractivity contribution in [1.29, 1.82) is 0 Å². The molecule has 0 radical (unpaired) electrons. The highest BCUT2D eigenvalue weighted by Crippen LogP contribution is 2.08. The van der Waals surface area contributed by atoms with E-state index >= 15 is 0 Å². The molecule has 3 N–H and O–H groups in total. The lowest BCUT2D eigenvalue weighted by Crippen LogP contribution is -2.47. The van der Waals surface area contributed by atoms with Gasteiger partial charge >= 0.3 is 0 Å². The van der Waals surface area contributed by atoms with Crippen LogP contribution in [-0.4, -0.2) is 52.9 Å². The van der Waals surface area contributed by atoms with Crippen molar-refractivity contribution in [1.82, 2.24) is 0 Å². The van der Waals surface area contributed by atoms with Gasteiger partial charge in [0.1, 0.15) is 19.6 Å². The molecular weight excluding hydrogens is 182 g/mol. The van der Waals surface area contributed by atoms with Gasteiger partial charge in [-0.1, -0.05) is 13.3 Å². The van der Waals surface area contributed by atoms with E-state index in [-0.39, 0.29) is 17.9 Å². The smallest absolute Gasteiger partial charge is 0.111 e. The molecule has 0 aliphatic heterocycles. The zero-order chi connectivity index (χ0) is 10.9. The van der Waals surface area contributed by atoms with Crippen molar-refractivity contribution in [2.24, 2.45) is 0 Å². The van der Waals surface area contributed by atoms with Gasteiger partial charge in [0.15, 0.2) is 0 Å². The molecule has 0 aromatic heterocycles. The molecule has 0 aromatic rings. The second kappa shape index (κ2) is 8.17. The lowest BCUT2D eigenvalue weighted by Gasteiger charge is -2.29. The molecule has 0 saturated carbocycles. The number of unbranched alkanes of at least 4 members (excludes halogenated alkanes) is 1.